The van der Waals surface area contributed by atoms with E-state index in [9.17, 15) is 9.59 Å². The second-order valence-corrected chi connectivity index (χ2v) is 4.26. The van der Waals surface area contributed by atoms with Gasteiger partial charge in [0.2, 0.25) is 5.76 Å². The Hall–Kier alpha value is -1.85. The average molecular weight is 240 g/mol. The van der Waals surface area contributed by atoms with E-state index in [1.54, 1.807) is 6.92 Å². The van der Waals surface area contributed by atoms with Crippen molar-refractivity contribution in [3.63, 3.8) is 0 Å². The minimum absolute atomic E-state index is 0.0262. The number of hydrogen-bond acceptors (Lipinski definition) is 4. The molecule has 1 aromatic rings. The molecule has 0 fully saturated rings. The molecule has 1 aromatic heterocycles. The van der Waals surface area contributed by atoms with Crippen molar-refractivity contribution in [2.75, 3.05) is 0 Å². The van der Waals surface area contributed by atoms with Crippen molar-refractivity contribution in [1.82, 2.24) is 10.5 Å². The van der Waals surface area contributed by atoms with Gasteiger partial charge in [0.1, 0.15) is 0 Å². The number of aromatic nitrogens is 1. The van der Waals surface area contributed by atoms with Gasteiger partial charge in [0, 0.05) is 11.6 Å². The number of carbonyl (C=O) groups excluding carboxylic acids is 1. The summed E-state index contributed by atoms with van der Waals surface area (Å²) in [5.41, 5.74) is 0.625. The third kappa shape index (κ3) is 3.58. The van der Waals surface area contributed by atoms with E-state index in [1.807, 2.05) is 13.8 Å². The number of carboxylic acids is 1. The predicted molar refractivity (Wildman–Crippen MR) is 59.6 cm³/mol. The average Bonchev–Trinajstić information content (AvgIpc) is 2.62. The van der Waals surface area contributed by atoms with E-state index in [0.29, 0.717) is 5.56 Å². The molecule has 0 aliphatic rings. The molecule has 1 unspecified atom stereocenters. The molecule has 0 aromatic carbocycles. The van der Waals surface area contributed by atoms with Crippen molar-refractivity contribution in [1.29, 1.82) is 0 Å². The molecule has 1 heterocycles. The summed E-state index contributed by atoms with van der Waals surface area (Å²) in [6, 6.07) is -0.426. The second kappa shape index (κ2) is 5.47. The van der Waals surface area contributed by atoms with Crippen LogP contribution < -0.4 is 5.32 Å². The zero-order valence-electron chi connectivity index (χ0n) is 10.1. The van der Waals surface area contributed by atoms with Gasteiger partial charge in [-0.25, -0.2) is 0 Å². The van der Waals surface area contributed by atoms with Crippen molar-refractivity contribution in [2.45, 2.75) is 33.2 Å². The maximum atomic E-state index is 11.8. The number of amides is 1. The molecule has 94 valence electrons. The Morgan fingerprint density at radius 2 is 2.18 bits per heavy atom. The fraction of sp³-hybridized carbons (Fsp3) is 0.545. The summed E-state index contributed by atoms with van der Waals surface area (Å²) in [5, 5.41) is 14.9. The fourth-order valence-electron chi connectivity index (χ4n) is 1.38. The highest BCUT2D eigenvalue weighted by Gasteiger charge is 2.22. The largest absolute Gasteiger partial charge is 0.481 e. The van der Waals surface area contributed by atoms with Crippen molar-refractivity contribution in [3.8, 4) is 0 Å². The van der Waals surface area contributed by atoms with Crippen molar-refractivity contribution < 1.29 is 19.2 Å². The molecule has 1 rings (SSSR count). The molecule has 1 amide bonds. The minimum Gasteiger partial charge on any atom is -0.481 e. The molecule has 0 aliphatic carbocycles. The number of aryl methyl sites for hydroxylation is 1. The molecule has 0 aliphatic heterocycles. The van der Waals surface area contributed by atoms with Gasteiger partial charge in [-0.3, -0.25) is 9.59 Å². The van der Waals surface area contributed by atoms with Crippen LogP contribution in [0, 0.1) is 12.8 Å². The molecule has 0 saturated heterocycles. The van der Waals surface area contributed by atoms with Crippen LogP contribution in [0.3, 0.4) is 0 Å². The SMILES string of the molecule is Cc1cnoc1C(=O)NC(CC(=O)O)C(C)C. The van der Waals surface area contributed by atoms with Gasteiger partial charge in [-0.05, 0) is 12.8 Å². The maximum absolute atomic E-state index is 11.8. The smallest absolute Gasteiger partial charge is 0.305 e. The normalized spacial score (nSPS) is 12.5. The lowest BCUT2D eigenvalue weighted by Gasteiger charge is -2.19. The van der Waals surface area contributed by atoms with Crippen LogP contribution in [0.15, 0.2) is 10.7 Å². The van der Waals surface area contributed by atoms with Gasteiger partial charge in [-0.1, -0.05) is 19.0 Å². The number of nitrogens with one attached hydrogen (secondary N) is 1. The highest BCUT2D eigenvalue weighted by Crippen LogP contribution is 2.10. The van der Waals surface area contributed by atoms with E-state index in [0.717, 1.165) is 0 Å². The first kappa shape index (κ1) is 13.2. The van der Waals surface area contributed by atoms with Crippen LogP contribution in [0.4, 0.5) is 0 Å². The van der Waals surface area contributed by atoms with Crippen LogP contribution >= 0.6 is 0 Å². The van der Waals surface area contributed by atoms with Gasteiger partial charge in [-0.2, -0.15) is 0 Å². The van der Waals surface area contributed by atoms with Gasteiger partial charge < -0.3 is 14.9 Å². The summed E-state index contributed by atoms with van der Waals surface area (Å²) in [4.78, 5) is 22.4. The summed E-state index contributed by atoms with van der Waals surface area (Å²) in [7, 11) is 0. The van der Waals surface area contributed by atoms with Gasteiger partial charge in [0.15, 0.2) is 0 Å². The van der Waals surface area contributed by atoms with E-state index in [4.69, 9.17) is 9.63 Å². The number of nitrogens with zero attached hydrogens (tertiary/aromatic N) is 1. The minimum atomic E-state index is -0.946. The Balaban J connectivity index is 2.71. The standard InChI is InChI=1S/C11H16N2O4/c1-6(2)8(4-9(14)15)13-11(16)10-7(3)5-12-17-10/h5-6,8H,4H2,1-3H3,(H,13,16)(H,14,15). The lowest BCUT2D eigenvalue weighted by Crippen LogP contribution is -2.40. The Kier molecular flexibility index (Phi) is 4.25. The Morgan fingerprint density at radius 1 is 1.53 bits per heavy atom. The number of hydrogen-bond donors (Lipinski definition) is 2. The molecule has 0 saturated carbocycles. The molecule has 1 atom stereocenters. The molecule has 6 heteroatoms. The summed E-state index contributed by atoms with van der Waals surface area (Å²) >= 11 is 0. The van der Waals surface area contributed by atoms with E-state index in [2.05, 4.69) is 10.5 Å². The fourth-order valence-corrected chi connectivity index (χ4v) is 1.38. The third-order valence-electron chi connectivity index (χ3n) is 2.47. The molecule has 6 nitrogen and oxygen atoms in total. The Morgan fingerprint density at radius 3 is 2.59 bits per heavy atom. The molecule has 0 bridgehead atoms. The van der Waals surface area contributed by atoms with Crippen LogP contribution in [0.25, 0.3) is 0 Å². The first-order valence-electron chi connectivity index (χ1n) is 5.35. The summed E-state index contributed by atoms with van der Waals surface area (Å²) in [6.07, 6.45) is 1.33. The number of aliphatic carboxylic acids is 1. The van der Waals surface area contributed by atoms with E-state index < -0.39 is 17.9 Å². The molecule has 0 spiro atoms. The third-order valence-corrected chi connectivity index (χ3v) is 2.47. The van der Waals surface area contributed by atoms with Crippen molar-refractivity contribution >= 4 is 11.9 Å². The van der Waals surface area contributed by atoms with Crippen LogP contribution in [0.1, 0.15) is 36.4 Å². The molecule has 2 N–H and O–H groups in total. The van der Waals surface area contributed by atoms with Gasteiger partial charge in [0.05, 0.1) is 12.6 Å². The second-order valence-electron chi connectivity index (χ2n) is 4.26. The van der Waals surface area contributed by atoms with E-state index in [1.165, 1.54) is 6.20 Å². The molecule has 0 radical (unpaired) electrons. The number of rotatable bonds is 5. The molecule has 17 heavy (non-hydrogen) atoms. The first-order valence-corrected chi connectivity index (χ1v) is 5.35. The maximum Gasteiger partial charge on any atom is 0.305 e. The van der Waals surface area contributed by atoms with Crippen molar-refractivity contribution in [3.05, 3.63) is 17.5 Å². The molecular weight excluding hydrogens is 224 g/mol. The van der Waals surface area contributed by atoms with Crippen LogP contribution in [0.5, 0.6) is 0 Å². The topological polar surface area (TPSA) is 92.4 Å². The predicted octanol–water partition coefficient (Wildman–Crippen LogP) is 1.21. The van der Waals surface area contributed by atoms with Crippen LogP contribution in [0.2, 0.25) is 0 Å². The highest BCUT2D eigenvalue weighted by atomic mass is 16.5. The van der Waals surface area contributed by atoms with Gasteiger partial charge >= 0.3 is 5.97 Å². The van der Waals surface area contributed by atoms with Crippen LogP contribution in [-0.4, -0.2) is 28.2 Å². The summed E-state index contributed by atoms with van der Waals surface area (Å²) in [5.74, 6) is -1.22. The lowest BCUT2D eigenvalue weighted by molar-refractivity contribution is -0.137. The highest BCUT2D eigenvalue weighted by molar-refractivity contribution is 5.93. The zero-order valence-corrected chi connectivity index (χ0v) is 10.1. The Bertz CT molecular complexity index is 411. The summed E-state index contributed by atoms with van der Waals surface area (Å²) < 4.78 is 4.80. The Labute approximate surface area is 99.0 Å². The lowest BCUT2D eigenvalue weighted by atomic mass is 10.0. The zero-order chi connectivity index (χ0) is 13.0. The van der Waals surface area contributed by atoms with Gasteiger partial charge in [0.25, 0.3) is 5.91 Å². The van der Waals surface area contributed by atoms with E-state index in [-0.39, 0.29) is 18.1 Å². The monoisotopic (exact) mass is 240 g/mol. The first-order chi connectivity index (χ1) is 7.91. The number of carbonyl (C=O) groups is 2. The quantitative estimate of drug-likeness (QED) is 0.807. The van der Waals surface area contributed by atoms with E-state index >= 15 is 0 Å². The van der Waals surface area contributed by atoms with Crippen molar-refractivity contribution in [2.24, 2.45) is 5.92 Å². The van der Waals surface area contributed by atoms with Crippen LogP contribution in [-0.2, 0) is 4.79 Å². The molecular formula is C11H16N2O4. The number of carboxylic acid groups (broad SMARTS) is 1. The summed E-state index contributed by atoms with van der Waals surface area (Å²) in [6.45, 7) is 5.40. The van der Waals surface area contributed by atoms with Gasteiger partial charge in [-0.15, -0.1) is 0 Å².